The molecule has 3 N–H and O–H groups in total. The highest BCUT2D eigenvalue weighted by Gasteiger charge is 2.32. The van der Waals surface area contributed by atoms with E-state index in [0.29, 0.717) is 6.42 Å². The zero-order chi connectivity index (χ0) is 21.3. The molecule has 0 aliphatic rings. The van der Waals surface area contributed by atoms with Crippen molar-refractivity contribution in [3.05, 3.63) is 35.9 Å². The number of hydrazine groups is 1. The van der Waals surface area contributed by atoms with E-state index in [4.69, 9.17) is 9.84 Å². The number of aliphatic carboxylic acids is 2. The molecule has 8 heteroatoms. The largest absolute Gasteiger partial charge is 0.481 e. The van der Waals surface area contributed by atoms with E-state index in [0.717, 1.165) is 5.56 Å². The molecular weight excluding hydrogens is 364 g/mol. The second-order valence-corrected chi connectivity index (χ2v) is 7.85. The molecule has 0 saturated carbocycles. The summed E-state index contributed by atoms with van der Waals surface area (Å²) >= 11 is 0. The van der Waals surface area contributed by atoms with Crippen molar-refractivity contribution in [2.24, 2.45) is 5.41 Å². The number of carboxylic acid groups (broad SMARTS) is 2. The molecule has 2 atom stereocenters. The standard InChI is InChI=1S/C20H30N2O6/c1-20(2,3)10-11-22(16(18(25)26)13-17(23)24)21-15(19(27)28-4)12-14-8-6-5-7-9-14/h5-9,15-16,21H,10-13H2,1-4H3,(H,23,24)(H,25,26)/t15-,16-/m0/s1. The van der Waals surface area contributed by atoms with Crippen molar-refractivity contribution in [1.29, 1.82) is 0 Å². The van der Waals surface area contributed by atoms with Gasteiger partial charge in [-0.1, -0.05) is 51.1 Å². The molecule has 0 aliphatic heterocycles. The molecule has 8 nitrogen and oxygen atoms in total. The van der Waals surface area contributed by atoms with E-state index in [-0.39, 0.29) is 18.4 Å². The lowest BCUT2D eigenvalue weighted by atomic mass is 9.92. The van der Waals surface area contributed by atoms with Gasteiger partial charge in [0.1, 0.15) is 12.1 Å². The number of hydrogen-bond acceptors (Lipinski definition) is 6. The first kappa shape index (κ1) is 23.6. The number of methoxy groups -OCH3 is 1. The first-order valence-corrected chi connectivity index (χ1v) is 9.12. The third-order valence-corrected chi connectivity index (χ3v) is 4.22. The van der Waals surface area contributed by atoms with Crippen LogP contribution in [0.1, 0.15) is 39.2 Å². The SMILES string of the molecule is COC(=O)[C@H](Cc1ccccc1)NN(CCC(C)(C)C)[C@@H](CC(=O)O)C(=O)O. The van der Waals surface area contributed by atoms with Crippen LogP contribution in [0, 0.1) is 5.41 Å². The van der Waals surface area contributed by atoms with Crippen molar-refractivity contribution < 1.29 is 29.3 Å². The lowest BCUT2D eigenvalue weighted by Crippen LogP contribution is -2.57. The first-order valence-electron chi connectivity index (χ1n) is 9.12. The molecule has 0 bridgehead atoms. The Labute approximate surface area is 165 Å². The van der Waals surface area contributed by atoms with Crippen molar-refractivity contribution in [3.8, 4) is 0 Å². The minimum atomic E-state index is -1.32. The average molecular weight is 394 g/mol. The molecule has 0 fully saturated rings. The molecule has 28 heavy (non-hydrogen) atoms. The van der Waals surface area contributed by atoms with Gasteiger partial charge in [-0.25, -0.2) is 10.4 Å². The summed E-state index contributed by atoms with van der Waals surface area (Å²) in [7, 11) is 1.26. The quantitative estimate of drug-likeness (QED) is 0.385. The average Bonchev–Trinajstić information content (AvgIpc) is 2.61. The smallest absolute Gasteiger partial charge is 0.324 e. The Kier molecular flexibility index (Phi) is 9.08. The van der Waals surface area contributed by atoms with E-state index in [9.17, 15) is 19.5 Å². The van der Waals surface area contributed by atoms with Gasteiger partial charge >= 0.3 is 17.9 Å². The number of hydrogen-bond donors (Lipinski definition) is 3. The molecule has 0 aromatic heterocycles. The number of benzene rings is 1. The maximum Gasteiger partial charge on any atom is 0.324 e. The fourth-order valence-electron chi connectivity index (χ4n) is 2.64. The molecule has 0 heterocycles. The lowest BCUT2D eigenvalue weighted by molar-refractivity contribution is -0.154. The van der Waals surface area contributed by atoms with Crippen LogP contribution >= 0.6 is 0 Å². The summed E-state index contributed by atoms with van der Waals surface area (Å²) in [6, 6.07) is 7.07. The van der Waals surface area contributed by atoms with E-state index in [2.05, 4.69) is 5.43 Å². The van der Waals surface area contributed by atoms with Crippen molar-refractivity contribution >= 4 is 17.9 Å². The zero-order valence-corrected chi connectivity index (χ0v) is 16.8. The van der Waals surface area contributed by atoms with Gasteiger partial charge < -0.3 is 14.9 Å². The number of carbonyl (C=O) groups is 3. The Hall–Kier alpha value is -2.45. The Morgan fingerprint density at radius 1 is 1.14 bits per heavy atom. The van der Waals surface area contributed by atoms with Crippen LogP contribution in [-0.4, -0.2) is 58.9 Å². The number of rotatable bonds is 11. The molecule has 0 aliphatic carbocycles. The third kappa shape index (κ3) is 8.49. The van der Waals surface area contributed by atoms with Gasteiger partial charge in [0.15, 0.2) is 0 Å². The summed E-state index contributed by atoms with van der Waals surface area (Å²) in [5.74, 6) is -3.05. The minimum Gasteiger partial charge on any atom is -0.481 e. The Morgan fingerprint density at radius 3 is 2.21 bits per heavy atom. The predicted octanol–water partition coefficient (Wildman–Crippen LogP) is 1.94. The molecule has 0 spiro atoms. The molecule has 0 amide bonds. The normalized spacial score (nSPS) is 13.8. The molecule has 1 aromatic carbocycles. The highest BCUT2D eigenvalue weighted by molar-refractivity contribution is 5.80. The summed E-state index contributed by atoms with van der Waals surface area (Å²) in [5, 5.41) is 20.0. The summed E-state index contributed by atoms with van der Waals surface area (Å²) in [6.45, 7) is 6.26. The summed E-state index contributed by atoms with van der Waals surface area (Å²) in [5.41, 5.74) is 3.69. The van der Waals surface area contributed by atoms with E-state index >= 15 is 0 Å². The maximum absolute atomic E-state index is 12.3. The second kappa shape index (κ2) is 10.8. The fourth-order valence-corrected chi connectivity index (χ4v) is 2.64. The predicted molar refractivity (Wildman–Crippen MR) is 104 cm³/mol. The summed E-state index contributed by atoms with van der Waals surface area (Å²) in [4.78, 5) is 35.2. The highest BCUT2D eigenvalue weighted by Crippen LogP contribution is 2.20. The topological polar surface area (TPSA) is 116 Å². The molecule has 0 unspecified atom stereocenters. The van der Waals surface area contributed by atoms with Gasteiger partial charge in [-0.2, -0.15) is 0 Å². The van der Waals surface area contributed by atoms with Gasteiger partial charge in [-0.15, -0.1) is 0 Å². The number of esters is 1. The second-order valence-electron chi connectivity index (χ2n) is 7.85. The zero-order valence-electron chi connectivity index (χ0n) is 16.8. The van der Waals surface area contributed by atoms with E-state index in [1.54, 1.807) is 0 Å². The highest BCUT2D eigenvalue weighted by atomic mass is 16.5. The monoisotopic (exact) mass is 394 g/mol. The van der Waals surface area contributed by atoms with E-state index in [1.165, 1.54) is 12.1 Å². The van der Waals surface area contributed by atoms with Gasteiger partial charge in [0, 0.05) is 6.54 Å². The van der Waals surface area contributed by atoms with Crippen LogP contribution in [0.4, 0.5) is 0 Å². The van der Waals surface area contributed by atoms with Crippen LogP contribution in [0.25, 0.3) is 0 Å². The Balaban J connectivity index is 3.10. The molecule has 1 aromatic rings. The van der Waals surface area contributed by atoms with Gasteiger partial charge in [0.05, 0.1) is 13.5 Å². The van der Waals surface area contributed by atoms with Crippen molar-refractivity contribution in [3.63, 3.8) is 0 Å². The van der Waals surface area contributed by atoms with Crippen LogP contribution in [0.5, 0.6) is 0 Å². The van der Waals surface area contributed by atoms with Crippen LogP contribution in [0.2, 0.25) is 0 Å². The Morgan fingerprint density at radius 2 is 1.75 bits per heavy atom. The van der Waals surface area contributed by atoms with Crippen LogP contribution in [0.15, 0.2) is 30.3 Å². The molecule has 156 valence electrons. The van der Waals surface area contributed by atoms with E-state index < -0.39 is 36.4 Å². The first-order chi connectivity index (χ1) is 13.0. The lowest BCUT2D eigenvalue weighted by Gasteiger charge is -2.33. The van der Waals surface area contributed by atoms with Gasteiger partial charge in [-0.05, 0) is 23.8 Å². The van der Waals surface area contributed by atoms with Crippen LogP contribution in [-0.2, 0) is 25.5 Å². The summed E-state index contributed by atoms with van der Waals surface area (Å²) < 4.78 is 4.86. The number of nitrogens with zero attached hydrogens (tertiary/aromatic N) is 1. The van der Waals surface area contributed by atoms with Crippen molar-refractivity contribution in [2.45, 2.75) is 52.1 Å². The van der Waals surface area contributed by atoms with E-state index in [1.807, 2.05) is 51.1 Å². The molecule has 0 radical (unpaired) electrons. The van der Waals surface area contributed by atoms with Crippen LogP contribution in [0.3, 0.4) is 0 Å². The van der Waals surface area contributed by atoms with Crippen molar-refractivity contribution in [1.82, 2.24) is 10.4 Å². The molecule has 1 rings (SSSR count). The number of ether oxygens (including phenoxy) is 1. The fraction of sp³-hybridized carbons (Fsp3) is 0.550. The molecule has 0 saturated heterocycles. The van der Waals surface area contributed by atoms with Gasteiger partial charge in [0.25, 0.3) is 0 Å². The maximum atomic E-state index is 12.3. The minimum absolute atomic E-state index is 0.105. The number of carbonyl (C=O) groups excluding carboxylic acids is 1. The number of nitrogens with one attached hydrogen (secondary N) is 1. The number of carboxylic acids is 2. The molecular formula is C20H30N2O6. The van der Waals surface area contributed by atoms with Gasteiger partial charge in [-0.3, -0.25) is 14.4 Å². The summed E-state index contributed by atoms with van der Waals surface area (Å²) in [6.07, 6.45) is 0.285. The Bertz CT molecular complexity index is 656. The van der Waals surface area contributed by atoms with Crippen LogP contribution < -0.4 is 5.43 Å². The third-order valence-electron chi connectivity index (χ3n) is 4.22. The van der Waals surface area contributed by atoms with Crippen molar-refractivity contribution in [2.75, 3.05) is 13.7 Å². The van der Waals surface area contributed by atoms with Gasteiger partial charge in [0.2, 0.25) is 0 Å².